The molecule has 4 heteroatoms. The number of carbonyl (C=O) groups excluding carboxylic acids is 2. The van der Waals surface area contributed by atoms with Gasteiger partial charge in [0, 0.05) is 12.8 Å². The van der Waals surface area contributed by atoms with Crippen molar-refractivity contribution >= 4 is 11.9 Å². The first-order chi connectivity index (χ1) is 6.81. The van der Waals surface area contributed by atoms with Gasteiger partial charge in [0.1, 0.15) is 5.60 Å². The summed E-state index contributed by atoms with van der Waals surface area (Å²) in [5.41, 5.74) is 4.57. The summed E-state index contributed by atoms with van der Waals surface area (Å²) in [5.74, 6) is -0.464. The zero-order valence-electron chi connectivity index (χ0n) is 9.84. The van der Waals surface area contributed by atoms with Crippen molar-refractivity contribution in [3.63, 3.8) is 0 Å². The van der Waals surface area contributed by atoms with Gasteiger partial charge in [-0.3, -0.25) is 9.59 Å². The van der Waals surface area contributed by atoms with Crippen LogP contribution in [0.1, 0.15) is 52.9 Å². The zero-order chi connectivity index (χ0) is 11.9. The Kier molecular flexibility index (Phi) is 5.97. The molecule has 0 aromatic rings. The number of esters is 1. The van der Waals surface area contributed by atoms with Gasteiger partial charge in [-0.1, -0.05) is 6.42 Å². The lowest BCUT2D eigenvalue weighted by Crippen LogP contribution is -2.23. The van der Waals surface area contributed by atoms with Crippen LogP contribution < -0.4 is 5.73 Å². The summed E-state index contributed by atoms with van der Waals surface area (Å²) in [4.78, 5) is 21.7. The molecule has 0 aromatic heterocycles. The number of primary amides is 1. The quantitative estimate of drug-likeness (QED) is 0.542. The Morgan fingerprint density at radius 1 is 1.07 bits per heavy atom. The van der Waals surface area contributed by atoms with E-state index in [2.05, 4.69) is 0 Å². The molecule has 88 valence electrons. The predicted molar refractivity (Wildman–Crippen MR) is 58.1 cm³/mol. The van der Waals surface area contributed by atoms with Crippen molar-refractivity contribution in [3.05, 3.63) is 0 Å². The predicted octanol–water partition coefficient (Wildman–Crippen LogP) is 1.76. The maximum absolute atomic E-state index is 11.2. The van der Waals surface area contributed by atoms with Crippen molar-refractivity contribution in [1.82, 2.24) is 0 Å². The molecule has 0 bridgehead atoms. The molecule has 0 rings (SSSR count). The third-order valence-corrected chi connectivity index (χ3v) is 1.72. The molecular formula is C11H21NO3. The number of unbranched alkanes of at least 4 members (excludes halogenated alkanes) is 2. The third-order valence-electron chi connectivity index (χ3n) is 1.72. The molecule has 0 atom stereocenters. The molecule has 0 fully saturated rings. The lowest BCUT2D eigenvalue weighted by atomic mass is 10.1. The minimum absolute atomic E-state index is 0.179. The average molecular weight is 215 g/mol. The highest BCUT2D eigenvalue weighted by Crippen LogP contribution is 2.10. The molecule has 0 unspecified atom stereocenters. The van der Waals surface area contributed by atoms with E-state index >= 15 is 0 Å². The minimum Gasteiger partial charge on any atom is -0.460 e. The van der Waals surface area contributed by atoms with Crippen LogP contribution in [0.25, 0.3) is 0 Å². The van der Waals surface area contributed by atoms with Gasteiger partial charge in [-0.15, -0.1) is 0 Å². The van der Waals surface area contributed by atoms with Crippen LogP contribution in [0.4, 0.5) is 0 Å². The van der Waals surface area contributed by atoms with E-state index in [4.69, 9.17) is 10.5 Å². The minimum atomic E-state index is -0.412. The summed E-state index contributed by atoms with van der Waals surface area (Å²) < 4.78 is 5.13. The molecule has 0 heterocycles. The van der Waals surface area contributed by atoms with E-state index in [1.807, 2.05) is 20.8 Å². The molecule has 15 heavy (non-hydrogen) atoms. The summed E-state index contributed by atoms with van der Waals surface area (Å²) in [6, 6.07) is 0. The second-order valence-electron chi connectivity index (χ2n) is 4.61. The summed E-state index contributed by atoms with van der Waals surface area (Å²) in [5, 5.41) is 0. The van der Waals surface area contributed by atoms with Crippen LogP contribution in [-0.2, 0) is 14.3 Å². The summed E-state index contributed by atoms with van der Waals surface area (Å²) in [6.45, 7) is 5.54. The molecule has 0 aliphatic carbocycles. The second-order valence-corrected chi connectivity index (χ2v) is 4.61. The van der Waals surface area contributed by atoms with Gasteiger partial charge in [-0.25, -0.2) is 0 Å². The van der Waals surface area contributed by atoms with Gasteiger partial charge in [0.25, 0.3) is 0 Å². The largest absolute Gasteiger partial charge is 0.460 e. The van der Waals surface area contributed by atoms with Gasteiger partial charge >= 0.3 is 5.97 Å². The second kappa shape index (κ2) is 6.43. The summed E-state index contributed by atoms with van der Waals surface area (Å²) >= 11 is 0. The maximum Gasteiger partial charge on any atom is 0.306 e. The van der Waals surface area contributed by atoms with Crippen molar-refractivity contribution in [3.8, 4) is 0 Å². The average Bonchev–Trinajstić information content (AvgIpc) is 1.99. The van der Waals surface area contributed by atoms with E-state index in [0.29, 0.717) is 12.8 Å². The van der Waals surface area contributed by atoms with E-state index in [9.17, 15) is 9.59 Å². The van der Waals surface area contributed by atoms with Gasteiger partial charge in [0.2, 0.25) is 5.91 Å². The number of amides is 1. The number of nitrogens with two attached hydrogens (primary N) is 1. The van der Waals surface area contributed by atoms with Crippen LogP contribution in [0.2, 0.25) is 0 Å². The fourth-order valence-electron chi connectivity index (χ4n) is 1.14. The molecule has 0 aliphatic rings. The molecular weight excluding hydrogens is 194 g/mol. The topological polar surface area (TPSA) is 69.4 Å². The smallest absolute Gasteiger partial charge is 0.306 e. The van der Waals surface area contributed by atoms with Crippen LogP contribution in [0, 0.1) is 0 Å². The molecule has 0 saturated heterocycles. The van der Waals surface area contributed by atoms with Gasteiger partial charge in [0.15, 0.2) is 0 Å². The SMILES string of the molecule is CC(C)(C)OC(=O)CCCCCC(N)=O. The Labute approximate surface area is 91.2 Å². The van der Waals surface area contributed by atoms with Crippen molar-refractivity contribution < 1.29 is 14.3 Å². The zero-order valence-corrected chi connectivity index (χ0v) is 9.84. The summed E-state index contributed by atoms with van der Waals surface area (Å²) in [6.07, 6.45) is 3.15. The van der Waals surface area contributed by atoms with Gasteiger partial charge in [-0.05, 0) is 33.6 Å². The van der Waals surface area contributed by atoms with Crippen molar-refractivity contribution in [2.75, 3.05) is 0 Å². The van der Waals surface area contributed by atoms with Gasteiger partial charge in [-0.2, -0.15) is 0 Å². The van der Waals surface area contributed by atoms with Crippen LogP contribution in [-0.4, -0.2) is 17.5 Å². The Balaban J connectivity index is 3.44. The van der Waals surface area contributed by atoms with Gasteiger partial charge in [0.05, 0.1) is 0 Å². The highest BCUT2D eigenvalue weighted by molar-refractivity contribution is 5.73. The Bertz CT molecular complexity index is 218. The standard InChI is InChI=1S/C11H21NO3/c1-11(2,3)15-10(14)8-6-4-5-7-9(12)13/h4-8H2,1-3H3,(H2,12,13). The number of hydrogen-bond donors (Lipinski definition) is 1. The number of carbonyl (C=O) groups is 2. The molecule has 1 amide bonds. The molecule has 0 aromatic carbocycles. The van der Waals surface area contributed by atoms with Crippen LogP contribution in [0.3, 0.4) is 0 Å². The van der Waals surface area contributed by atoms with E-state index in [1.165, 1.54) is 0 Å². The first-order valence-corrected chi connectivity index (χ1v) is 5.31. The van der Waals surface area contributed by atoms with Gasteiger partial charge < -0.3 is 10.5 Å². The number of rotatable bonds is 6. The molecule has 2 N–H and O–H groups in total. The van der Waals surface area contributed by atoms with E-state index in [1.54, 1.807) is 0 Å². The molecule has 0 aliphatic heterocycles. The highest BCUT2D eigenvalue weighted by Gasteiger charge is 2.15. The number of hydrogen-bond acceptors (Lipinski definition) is 3. The Morgan fingerprint density at radius 3 is 2.07 bits per heavy atom. The summed E-state index contributed by atoms with van der Waals surface area (Å²) in [7, 11) is 0. The first-order valence-electron chi connectivity index (χ1n) is 5.31. The van der Waals surface area contributed by atoms with E-state index < -0.39 is 5.60 Å². The van der Waals surface area contributed by atoms with Crippen molar-refractivity contribution in [2.24, 2.45) is 5.73 Å². The fourth-order valence-corrected chi connectivity index (χ4v) is 1.14. The third kappa shape index (κ3) is 10.9. The lowest BCUT2D eigenvalue weighted by molar-refractivity contribution is -0.154. The van der Waals surface area contributed by atoms with E-state index in [0.717, 1.165) is 19.3 Å². The maximum atomic E-state index is 11.2. The number of ether oxygens (including phenoxy) is 1. The van der Waals surface area contributed by atoms with Crippen LogP contribution >= 0.6 is 0 Å². The first kappa shape index (κ1) is 13.9. The Morgan fingerprint density at radius 2 is 1.60 bits per heavy atom. The molecule has 4 nitrogen and oxygen atoms in total. The fraction of sp³-hybridized carbons (Fsp3) is 0.818. The lowest BCUT2D eigenvalue weighted by Gasteiger charge is -2.19. The normalized spacial score (nSPS) is 11.1. The highest BCUT2D eigenvalue weighted by atomic mass is 16.6. The van der Waals surface area contributed by atoms with Crippen molar-refractivity contribution in [1.29, 1.82) is 0 Å². The van der Waals surface area contributed by atoms with Crippen molar-refractivity contribution in [2.45, 2.75) is 58.5 Å². The Hall–Kier alpha value is -1.06. The van der Waals surface area contributed by atoms with Crippen LogP contribution in [0.15, 0.2) is 0 Å². The van der Waals surface area contributed by atoms with E-state index in [-0.39, 0.29) is 11.9 Å². The monoisotopic (exact) mass is 215 g/mol. The van der Waals surface area contributed by atoms with Crippen LogP contribution in [0.5, 0.6) is 0 Å². The molecule has 0 radical (unpaired) electrons. The molecule has 0 spiro atoms. The molecule has 0 saturated carbocycles.